The van der Waals surface area contributed by atoms with Gasteiger partial charge >= 0.3 is 0 Å². The molecule has 0 radical (unpaired) electrons. The number of unbranched alkanes of at least 4 members (excludes halogenated alkanes) is 1. The van der Waals surface area contributed by atoms with Crippen LogP contribution in [0.1, 0.15) is 46.4 Å². The van der Waals surface area contributed by atoms with Gasteiger partial charge in [-0.05, 0) is 23.9 Å². The zero-order valence-corrected chi connectivity index (χ0v) is 16.3. The minimum atomic E-state index is -1.04. The van der Waals surface area contributed by atoms with Crippen molar-refractivity contribution in [1.29, 1.82) is 0 Å². The second-order valence-electron chi connectivity index (χ2n) is 6.64. The van der Waals surface area contributed by atoms with E-state index in [4.69, 9.17) is 22.5 Å². The standard InChI is InChI=1S/C20H22N8O2/c21-18(22)12-6-3-9-15(19(29)13-7-1-4-10-16(13)25-27-23)20(30)14-8-2-5-11-17(14)26-28-24/h1-2,4-5,7-8,10-11,15,18H,3,6,9,12,21-22H2. The number of benzene rings is 2. The van der Waals surface area contributed by atoms with Crippen LogP contribution in [0.15, 0.2) is 58.8 Å². The van der Waals surface area contributed by atoms with Crippen molar-refractivity contribution in [2.24, 2.45) is 27.6 Å². The van der Waals surface area contributed by atoms with E-state index in [1.165, 1.54) is 24.3 Å². The van der Waals surface area contributed by atoms with Crippen molar-refractivity contribution < 1.29 is 9.59 Å². The summed E-state index contributed by atoms with van der Waals surface area (Å²) in [5.41, 5.74) is 29.3. The van der Waals surface area contributed by atoms with Crippen LogP contribution in [-0.4, -0.2) is 17.7 Å². The highest BCUT2D eigenvalue weighted by atomic mass is 16.2. The van der Waals surface area contributed by atoms with Gasteiger partial charge in [0.1, 0.15) is 0 Å². The minimum absolute atomic E-state index is 0.148. The van der Waals surface area contributed by atoms with Crippen LogP contribution in [0.3, 0.4) is 0 Å². The van der Waals surface area contributed by atoms with Gasteiger partial charge in [-0.15, -0.1) is 0 Å². The molecule has 0 saturated heterocycles. The highest BCUT2D eigenvalue weighted by molar-refractivity contribution is 6.18. The molecule has 0 aliphatic rings. The lowest BCUT2D eigenvalue weighted by Gasteiger charge is -2.17. The molecule has 0 heterocycles. The molecule has 10 heteroatoms. The number of carbonyl (C=O) groups excluding carboxylic acids is 2. The maximum absolute atomic E-state index is 13.3. The molecule has 2 aromatic rings. The van der Waals surface area contributed by atoms with Crippen molar-refractivity contribution in [1.82, 2.24) is 0 Å². The largest absolute Gasteiger partial charge is 0.316 e. The van der Waals surface area contributed by atoms with Gasteiger partial charge in [0.2, 0.25) is 0 Å². The van der Waals surface area contributed by atoms with E-state index in [9.17, 15) is 9.59 Å². The zero-order chi connectivity index (χ0) is 21.9. The number of azide groups is 2. The van der Waals surface area contributed by atoms with E-state index in [2.05, 4.69) is 20.1 Å². The van der Waals surface area contributed by atoms with Gasteiger partial charge in [0.05, 0.1) is 12.1 Å². The van der Waals surface area contributed by atoms with Crippen molar-refractivity contribution in [3.05, 3.63) is 80.5 Å². The summed E-state index contributed by atoms with van der Waals surface area (Å²) in [6.07, 6.45) is 1.52. The molecule has 0 unspecified atom stereocenters. The molecule has 4 N–H and O–H groups in total. The predicted molar refractivity (Wildman–Crippen MR) is 113 cm³/mol. The number of ketones is 2. The van der Waals surface area contributed by atoms with Crippen molar-refractivity contribution in [3.8, 4) is 0 Å². The summed E-state index contributed by atoms with van der Waals surface area (Å²) < 4.78 is 0. The maximum Gasteiger partial charge on any atom is 0.174 e. The summed E-state index contributed by atoms with van der Waals surface area (Å²) in [6.45, 7) is 0. The summed E-state index contributed by atoms with van der Waals surface area (Å²) in [5.74, 6) is -1.96. The Balaban J connectivity index is 2.42. The molecule has 0 fully saturated rings. The molecular formula is C20H22N8O2. The van der Waals surface area contributed by atoms with Gasteiger partial charge in [-0.1, -0.05) is 71.6 Å². The van der Waals surface area contributed by atoms with Gasteiger partial charge in [-0.3, -0.25) is 9.59 Å². The fourth-order valence-electron chi connectivity index (χ4n) is 3.12. The van der Waals surface area contributed by atoms with Crippen LogP contribution in [0, 0.1) is 5.92 Å². The zero-order valence-electron chi connectivity index (χ0n) is 16.3. The number of nitrogens with zero attached hydrogens (tertiary/aromatic N) is 6. The second-order valence-corrected chi connectivity index (χ2v) is 6.64. The third-order valence-corrected chi connectivity index (χ3v) is 4.56. The Hall–Kier alpha value is -3.68. The van der Waals surface area contributed by atoms with E-state index in [1.807, 2.05) is 0 Å². The van der Waals surface area contributed by atoms with E-state index in [-0.39, 0.29) is 28.9 Å². The number of rotatable bonds is 11. The van der Waals surface area contributed by atoms with Crippen LogP contribution in [0.2, 0.25) is 0 Å². The van der Waals surface area contributed by atoms with Crippen LogP contribution >= 0.6 is 0 Å². The topological polar surface area (TPSA) is 184 Å². The Kier molecular flexibility index (Phi) is 8.56. The monoisotopic (exact) mass is 406 g/mol. The first kappa shape index (κ1) is 22.6. The molecule has 0 aliphatic heterocycles. The fraction of sp³-hybridized carbons (Fsp3) is 0.300. The van der Waals surface area contributed by atoms with E-state index in [0.29, 0.717) is 19.3 Å². The van der Waals surface area contributed by atoms with Gasteiger partial charge in [-0.25, -0.2) is 0 Å². The number of nitrogens with two attached hydrogens (primary N) is 2. The SMILES string of the molecule is [N-]=[N+]=Nc1ccccc1C(=O)C(CCCCC(N)N)C(=O)c1ccccc1N=[N+]=[N-]. The predicted octanol–water partition coefficient (Wildman–Crippen LogP) is 5.06. The highest BCUT2D eigenvalue weighted by Crippen LogP contribution is 2.29. The smallest absolute Gasteiger partial charge is 0.174 e. The van der Waals surface area contributed by atoms with E-state index < -0.39 is 23.7 Å². The first-order valence-electron chi connectivity index (χ1n) is 9.37. The van der Waals surface area contributed by atoms with E-state index >= 15 is 0 Å². The molecule has 0 bridgehead atoms. The lowest BCUT2D eigenvalue weighted by molar-refractivity contribution is 0.0798. The third-order valence-electron chi connectivity index (χ3n) is 4.56. The molecule has 154 valence electrons. The summed E-state index contributed by atoms with van der Waals surface area (Å²) in [7, 11) is 0. The molecule has 0 saturated carbocycles. The first-order chi connectivity index (χ1) is 14.5. The van der Waals surface area contributed by atoms with Crippen molar-refractivity contribution in [2.45, 2.75) is 31.8 Å². The Morgan fingerprint density at radius 3 is 1.67 bits per heavy atom. The third kappa shape index (κ3) is 5.91. The quantitative estimate of drug-likeness (QED) is 0.101. The number of hydrogen-bond donors (Lipinski definition) is 2. The molecule has 30 heavy (non-hydrogen) atoms. The molecule has 0 atom stereocenters. The number of carbonyl (C=O) groups is 2. The van der Waals surface area contributed by atoms with Gasteiger partial charge in [0.25, 0.3) is 0 Å². The summed E-state index contributed by atoms with van der Waals surface area (Å²) in [4.78, 5) is 32.1. The van der Waals surface area contributed by atoms with E-state index in [0.717, 1.165) is 0 Å². The molecule has 2 aromatic carbocycles. The Morgan fingerprint density at radius 1 is 0.800 bits per heavy atom. The molecule has 10 nitrogen and oxygen atoms in total. The summed E-state index contributed by atoms with van der Waals surface area (Å²) in [5, 5.41) is 7.12. The average Bonchev–Trinajstić information content (AvgIpc) is 2.74. The van der Waals surface area contributed by atoms with E-state index in [1.54, 1.807) is 24.3 Å². The van der Waals surface area contributed by atoms with Crippen LogP contribution in [0.4, 0.5) is 11.4 Å². The maximum atomic E-state index is 13.3. The molecule has 0 aliphatic carbocycles. The molecule has 2 rings (SSSR count). The summed E-state index contributed by atoms with van der Waals surface area (Å²) >= 11 is 0. The van der Waals surface area contributed by atoms with Gasteiger partial charge < -0.3 is 11.5 Å². The average molecular weight is 406 g/mol. The highest BCUT2D eigenvalue weighted by Gasteiger charge is 2.30. The van der Waals surface area contributed by atoms with Crippen molar-refractivity contribution >= 4 is 22.9 Å². The Labute approximate surface area is 173 Å². The normalized spacial score (nSPS) is 11.3. The van der Waals surface area contributed by atoms with Crippen LogP contribution in [0.5, 0.6) is 0 Å². The van der Waals surface area contributed by atoms with Crippen LogP contribution in [0.25, 0.3) is 20.9 Å². The lowest BCUT2D eigenvalue weighted by atomic mass is 9.85. The van der Waals surface area contributed by atoms with Gasteiger partial charge in [0, 0.05) is 32.3 Å². The Morgan fingerprint density at radius 2 is 1.23 bits per heavy atom. The molecule has 0 amide bonds. The van der Waals surface area contributed by atoms with Crippen molar-refractivity contribution in [2.75, 3.05) is 0 Å². The van der Waals surface area contributed by atoms with Crippen LogP contribution in [-0.2, 0) is 0 Å². The van der Waals surface area contributed by atoms with Crippen LogP contribution < -0.4 is 11.5 Å². The number of hydrogen-bond acceptors (Lipinski definition) is 6. The molecule has 0 aromatic heterocycles. The molecule has 0 spiro atoms. The lowest BCUT2D eigenvalue weighted by Crippen LogP contribution is -2.30. The fourth-order valence-corrected chi connectivity index (χ4v) is 3.12. The first-order valence-corrected chi connectivity index (χ1v) is 9.37. The Bertz CT molecular complexity index is 934. The second kappa shape index (κ2) is 11.4. The molecular weight excluding hydrogens is 384 g/mol. The van der Waals surface area contributed by atoms with Gasteiger partial charge in [0.15, 0.2) is 11.6 Å². The minimum Gasteiger partial charge on any atom is -0.316 e. The van der Waals surface area contributed by atoms with Crippen molar-refractivity contribution in [3.63, 3.8) is 0 Å². The number of Topliss-reactive ketones (excluding diaryl/α,β-unsaturated/α-hetero) is 2. The summed E-state index contributed by atoms with van der Waals surface area (Å²) in [6, 6.07) is 12.6. The van der Waals surface area contributed by atoms with Gasteiger partial charge in [-0.2, -0.15) is 0 Å².